The molecule has 0 spiro atoms. The topological polar surface area (TPSA) is 117 Å². The molecule has 10 nitrogen and oxygen atoms in total. The fraction of sp³-hybridized carbons (Fsp3) is 0.423. The number of rotatable bonds is 10. The van der Waals surface area contributed by atoms with Crippen molar-refractivity contribution >= 4 is 29.4 Å². The largest absolute Gasteiger partial charge is 0.388 e. The van der Waals surface area contributed by atoms with E-state index < -0.39 is 0 Å². The van der Waals surface area contributed by atoms with Crippen molar-refractivity contribution in [2.24, 2.45) is 10.9 Å². The Morgan fingerprint density at radius 3 is 2.56 bits per heavy atom. The summed E-state index contributed by atoms with van der Waals surface area (Å²) in [6.07, 6.45) is 9.50. The molecule has 2 heterocycles. The van der Waals surface area contributed by atoms with Gasteiger partial charge in [-0.3, -0.25) is 9.59 Å². The van der Waals surface area contributed by atoms with Crippen LogP contribution in [0, 0.1) is 5.92 Å². The number of aromatic nitrogens is 3. The highest BCUT2D eigenvalue weighted by molar-refractivity contribution is 6.02. The number of nitrogens with one attached hydrogen (secondary N) is 3. The first-order valence-electron chi connectivity index (χ1n) is 12.4. The third-order valence-corrected chi connectivity index (χ3v) is 6.36. The molecule has 1 aromatic carbocycles. The van der Waals surface area contributed by atoms with Gasteiger partial charge in [0.1, 0.15) is 5.82 Å². The fourth-order valence-electron chi connectivity index (χ4n) is 4.02. The Morgan fingerprint density at radius 1 is 1.14 bits per heavy atom. The molecular formula is C26H34N8O2. The summed E-state index contributed by atoms with van der Waals surface area (Å²) in [4.78, 5) is 30.2. The molecule has 1 saturated carbocycles. The van der Waals surface area contributed by atoms with Crippen LogP contribution in [0.4, 0.5) is 11.4 Å². The van der Waals surface area contributed by atoms with Gasteiger partial charge in [0, 0.05) is 49.8 Å². The second-order valence-electron chi connectivity index (χ2n) is 9.38. The van der Waals surface area contributed by atoms with Gasteiger partial charge in [0.15, 0.2) is 5.69 Å². The van der Waals surface area contributed by atoms with Crippen LogP contribution in [0.5, 0.6) is 0 Å². The van der Waals surface area contributed by atoms with Crippen LogP contribution in [0.15, 0.2) is 59.6 Å². The van der Waals surface area contributed by atoms with Gasteiger partial charge in [-0.2, -0.15) is 0 Å². The molecule has 0 radical (unpaired) electrons. The Hall–Kier alpha value is -3.95. The number of carbonyl (C=O) groups is 2. The second-order valence-corrected chi connectivity index (χ2v) is 9.38. The Labute approximate surface area is 211 Å². The predicted octanol–water partition coefficient (Wildman–Crippen LogP) is 3.57. The van der Waals surface area contributed by atoms with E-state index in [2.05, 4.69) is 37.8 Å². The van der Waals surface area contributed by atoms with E-state index in [1.54, 1.807) is 24.0 Å². The fourth-order valence-corrected chi connectivity index (χ4v) is 4.02. The minimum absolute atomic E-state index is 0.160. The summed E-state index contributed by atoms with van der Waals surface area (Å²) in [5, 5.41) is 17.4. The zero-order valence-corrected chi connectivity index (χ0v) is 20.9. The second kappa shape index (κ2) is 11.7. The molecule has 0 bridgehead atoms. The van der Waals surface area contributed by atoms with Gasteiger partial charge in [0.05, 0.1) is 12.2 Å². The molecule has 2 aromatic rings. The average Bonchev–Trinajstić information content (AvgIpc) is 3.59. The van der Waals surface area contributed by atoms with Crippen molar-refractivity contribution in [3.63, 3.8) is 0 Å². The number of anilines is 2. The lowest BCUT2D eigenvalue weighted by atomic mass is 9.96. The van der Waals surface area contributed by atoms with E-state index in [0.29, 0.717) is 29.2 Å². The molecule has 3 N–H and O–H groups in total. The molecule has 4 rings (SSSR count). The normalized spacial score (nSPS) is 16.7. The summed E-state index contributed by atoms with van der Waals surface area (Å²) in [6, 6.07) is 7.71. The molecule has 1 aromatic heterocycles. The molecule has 2 amide bonds. The zero-order valence-electron chi connectivity index (χ0n) is 20.9. The molecule has 1 aliphatic heterocycles. The van der Waals surface area contributed by atoms with Crippen LogP contribution in [0.3, 0.4) is 0 Å². The third kappa shape index (κ3) is 7.27. The number of carbonyl (C=O) groups excluding carboxylic acids is 2. The van der Waals surface area contributed by atoms with Crippen molar-refractivity contribution in [1.29, 1.82) is 0 Å². The van der Waals surface area contributed by atoms with Crippen LogP contribution in [0.1, 0.15) is 56.1 Å². The number of piperidine rings is 1. The molecule has 190 valence electrons. The van der Waals surface area contributed by atoms with Crippen molar-refractivity contribution in [1.82, 2.24) is 25.2 Å². The summed E-state index contributed by atoms with van der Waals surface area (Å²) < 4.78 is 1.75. The van der Waals surface area contributed by atoms with Crippen LogP contribution in [-0.4, -0.2) is 57.6 Å². The smallest absolute Gasteiger partial charge is 0.277 e. The first-order chi connectivity index (χ1) is 17.4. The molecule has 2 aliphatic rings. The third-order valence-electron chi connectivity index (χ3n) is 6.36. The van der Waals surface area contributed by atoms with E-state index in [1.807, 2.05) is 42.2 Å². The molecule has 2 fully saturated rings. The van der Waals surface area contributed by atoms with Gasteiger partial charge in [-0.15, -0.1) is 5.10 Å². The quantitative estimate of drug-likeness (QED) is 0.439. The first kappa shape index (κ1) is 25.2. The number of hydrogen-bond acceptors (Lipinski definition) is 7. The van der Waals surface area contributed by atoms with Gasteiger partial charge in [-0.25, -0.2) is 9.67 Å². The lowest BCUT2D eigenvalue weighted by Crippen LogP contribution is -2.39. The van der Waals surface area contributed by atoms with Crippen LogP contribution in [0.25, 0.3) is 0 Å². The van der Waals surface area contributed by atoms with E-state index in [9.17, 15) is 9.59 Å². The Kier molecular flexibility index (Phi) is 8.14. The van der Waals surface area contributed by atoms with Gasteiger partial charge in [-0.1, -0.05) is 17.9 Å². The van der Waals surface area contributed by atoms with Crippen molar-refractivity contribution < 1.29 is 9.59 Å². The number of allylic oxidation sites excluding steroid dienone is 2. The number of nitrogens with zero attached hydrogens (tertiary/aromatic N) is 5. The van der Waals surface area contributed by atoms with Crippen molar-refractivity contribution in [2.75, 3.05) is 30.3 Å². The van der Waals surface area contributed by atoms with Gasteiger partial charge in [0.25, 0.3) is 5.91 Å². The van der Waals surface area contributed by atoms with Crippen LogP contribution < -0.4 is 16.0 Å². The SMILES string of the molecule is C=C(/N=C\C=C(/C)NCC1CCN(C(C)=O)CC1)Nc1cccc(NC(=O)c2cn(C3CC3)nn2)c1. The van der Waals surface area contributed by atoms with Gasteiger partial charge in [0.2, 0.25) is 5.91 Å². The highest BCUT2D eigenvalue weighted by Gasteiger charge is 2.26. The van der Waals surface area contributed by atoms with Crippen molar-refractivity contribution in [3.05, 3.63) is 60.3 Å². The van der Waals surface area contributed by atoms with Crippen LogP contribution in [-0.2, 0) is 4.79 Å². The van der Waals surface area contributed by atoms with E-state index in [4.69, 9.17) is 0 Å². The van der Waals surface area contributed by atoms with Crippen molar-refractivity contribution in [3.8, 4) is 0 Å². The number of amides is 2. The maximum absolute atomic E-state index is 12.5. The maximum Gasteiger partial charge on any atom is 0.277 e. The summed E-state index contributed by atoms with van der Waals surface area (Å²) in [7, 11) is 0. The summed E-state index contributed by atoms with van der Waals surface area (Å²) in [6.45, 7) is 10.1. The highest BCUT2D eigenvalue weighted by Crippen LogP contribution is 2.33. The molecule has 10 heteroatoms. The molecule has 0 unspecified atom stereocenters. The average molecular weight is 491 g/mol. The zero-order chi connectivity index (χ0) is 25.5. The van der Waals surface area contributed by atoms with E-state index >= 15 is 0 Å². The molecular weight excluding hydrogens is 456 g/mol. The lowest BCUT2D eigenvalue weighted by Gasteiger charge is -2.31. The van der Waals surface area contributed by atoms with Crippen molar-refractivity contribution in [2.45, 2.75) is 45.6 Å². The lowest BCUT2D eigenvalue weighted by molar-refractivity contribution is -0.130. The molecule has 1 aliphatic carbocycles. The number of likely N-dealkylation sites (tertiary alicyclic amines) is 1. The standard InChI is InChI=1S/C26H34N8O2/c1-18(28-16-21-10-13-33(14-11-21)20(3)35)9-12-27-19(2)29-22-5-4-6-23(15-22)30-26(36)25-17-34(32-31-25)24-7-8-24/h4-6,9,12,15,17,21,24,28-29H,2,7-8,10-11,13-14,16H2,1,3H3,(H,30,36)/b18-9+,27-12-. The Bertz CT molecular complexity index is 1160. The summed E-state index contributed by atoms with van der Waals surface area (Å²) >= 11 is 0. The monoisotopic (exact) mass is 490 g/mol. The van der Waals surface area contributed by atoms with Crippen LogP contribution in [0.2, 0.25) is 0 Å². The number of hydrogen-bond donors (Lipinski definition) is 3. The van der Waals surface area contributed by atoms with E-state index in [0.717, 1.165) is 56.7 Å². The van der Waals surface area contributed by atoms with Crippen LogP contribution >= 0.6 is 0 Å². The minimum atomic E-state index is -0.298. The summed E-state index contributed by atoms with van der Waals surface area (Å²) in [5.41, 5.74) is 2.71. The predicted molar refractivity (Wildman–Crippen MR) is 141 cm³/mol. The molecule has 0 atom stereocenters. The number of benzene rings is 1. The first-order valence-corrected chi connectivity index (χ1v) is 12.4. The summed E-state index contributed by atoms with van der Waals surface area (Å²) in [5.74, 6) is 0.906. The van der Waals surface area contributed by atoms with E-state index in [-0.39, 0.29) is 11.8 Å². The molecule has 36 heavy (non-hydrogen) atoms. The number of aliphatic imine (C=N–C) groups is 1. The highest BCUT2D eigenvalue weighted by atomic mass is 16.2. The van der Waals surface area contributed by atoms with E-state index in [1.165, 1.54) is 0 Å². The van der Waals surface area contributed by atoms with Gasteiger partial charge < -0.3 is 20.9 Å². The Morgan fingerprint density at radius 2 is 1.86 bits per heavy atom. The minimum Gasteiger partial charge on any atom is -0.388 e. The maximum atomic E-state index is 12.5. The van der Waals surface area contributed by atoms with Gasteiger partial charge >= 0.3 is 0 Å². The molecule has 1 saturated heterocycles. The van der Waals surface area contributed by atoms with Gasteiger partial charge in [-0.05, 0) is 62.8 Å². The Balaban J connectivity index is 1.21.